The predicted molar refractivity (Wildman–Crippen MR) is 377 cm³/mol. The lowest BCUT2D eigenvalue weighted by Crippen LogP contribution is -2.21. The van der Waals surface area contributed by atoms with Gasteiger partial charge in [0.2, 0.25) is 5.75 Å². The first kappa shape index (κ1) is 89.4. The first-order valence-corrected chi connectivity index (χ1v) is 34.5. The molecule has 0 atom stereocenters. The highest BCUT2D eigenvalue weighted by Crippen LogP contribution is 2.39. The van der Waals surface area contributed by atoms with E-state index in [1.807, 2.05) is 12.1 Å². The van der Waals surface area contributed by atoms with E-state index in [9.17, 15) is 0 Å². The number of ether oxygens (including phenoxy) is 6. The average Bonchev–Trinajstić information content (AvgIpc) is 2.94. The maximum absolute atomic E-state index is 6.07. The van der Waals surface area contributed by atoms with Gasteiger partial charge in [-0.1, -0.05) is 176 Å². The lowest BCUT2D eigenvalue weighted by molar-refractivity contribution is 0.130. The van der Waals surface area contributed by atoms with E-state index in [-0.39, 0.29) is 10.8 Å². The van der Waals surface area contributed by atoms with Crippen LogP contribution in [0.25, 0.3) is 0 Å². The van der Waals surface area contributed by atoms with Gasteiger partial charge < -0.3 is 74.3 Å². The third-order valence-corrected chi connectivity index (χ3v) is 15.5. The van der Waals surface area contributed by atoms with Crippen molar-refractivity contribution in [2.24, 2.45) is 51.8 Å². The van der Waals surface area contributed by atoms with E-state index in [1.165, 1.54) is 159 Å². The van der Waals surface area contributed by atoms with Crippen LogP contribution in [-0.2, 0) is 26.8 Å². The van der Waals surface area contributed by atoms with Crippen LogP contribution in [0.3, 0.4) is 0 Å². The summed E-state index contributed by atoms with van der Waals surface area (Å²) < 4.78 is 31.5. The molecule has 2 aliphatic carbocycles. The summed E-state index contributed by atoms with van der Waals surface area (Å²) in [5.41, 5.74) is 48.3. The molecule has 86 heavy (non-hydrogen) atoms. The minimum atomic E-state index is 0.128. The molecule has 14 nitrogen and oxygen atoms in total. The van der Waals surface area contributed by atoms with E-state index in [2.05, 4.69) is 86.6 Å². The molecule has 510 valence electrons. The summed E-state index contributed by atoms with van der Waals surface area (Å²) in [6.07, 6.45) is 41.0. The SMILES string of the molecule is CCC(C)(C)c1ccc(OCCCCN)c(C(C)(C)CC)c1.CCCCCCCCCCCCCCCN.CCCCN.CCCCOCCCN.COCCCN.COc1cc(CN)cc(OC)c1OC.NCC1CC1.NCCC1=CCCCC1. The molecule has 0 aromatic heterocycles. The molecule has 0 heterocycles. The van der Waals surface area contributed by atoms with Gasteiger partial charge in [-0.25, -0.2) is 0 Å². The normalized spacial score (nSPS) is 12.4. The Bertz CT molecular complexity index is 1680. The zero-order valence-corrected chi connectivity index (χ0v) is 58.8. The van der Waals surface area contributed by atoms with Crippen molar-refractivity contribution in [2.75, 3.05) is 101 Å². The van der Waals surface area contributed by atoms with Crippen molar-refractivity contribution in [3.8, 4) is 23.0 Å². The summed E-state index contributed by atoms with van der Waals surface area (Å²) in [4.78, 5) is 0. The highest BCUT2D eigenvalue weighted by atomic mass is 16.5. The zero-order chi connectivity index (χ0) is 65.4. The summed E-state index contributed by atoms with van der Waals surface area (Å²) in [5.74, 6) is 3.81. The minimum absolute atomic E-state index is 0.128. The molecule has 0 amide bonds. The Kier molecular flexibility index (Phi) is 69.0. The van der Waals surface area contributed by atoms with Crippen LogP contribution in [0.15, 0.2) is 42.0 Å². The molecule has 2 aliphatic rings. The largest absolute Gasteiger partial charge is 0.493 e. The van der Waals surface area contributed by atoms with Crippen LogP contribution < -0.4 is 64.8 Å². The van der Waals surface area contributed by atoms with Crippen LogP contribution in [-0.4, -0.2) is 101 Å². The number of nitrogens with two attached hydrogens (primary N) is 8. The molecule has 4 rings (SSSR count). The number of allylic oxidation sites excluding steroid dienone is 1. The third-order valence-electron chi connectivity index (χ3n) is 15.5. The van der Waals surface area contributed by atoms with Crippen molar-refractivity contribution < 1.29 is 28.4 Å². The Labute approximate surface area is 532 Å². The van der Waals surface area contributed by atoms with Crippen LogP contribution in [0.4, 0.5) is 0 Å². The van der Waals surface area contributed by atoms with E-state index in [0.717, 1.165) is 134 Å². The monoisotopic (exact) mass is 1220 g/mol. The van der Waals surface area contributed by atoms with Gasteiger partial charge in [-0.05, 0) is 195 Å². The van der Waals surface area contributed by atoms with Gasteiger partial charge in [0.1, 0.15) is 5.75 Å². The molecule has 0 saturated heterocycles. The van der Waals surface area contributed by atoms with Crippen LogP contribution in [0.2, 0.25) is 0 Å². The van der Waals surface area contributed by atoms with Crippen molar-refractivity contribution in [2.45, 2.75) is 272 Å². The van der Waals surface area contributed by atoms with E-state index >= 15 is 0 Å². The molecule has 0 radical (unpaired) electrons. The number of unbranched alkanes of at least 4 members (excludes halogenated alkanes) is 15. The van der Waals surface area contributed by atoms with Gasteiger partial charge in [0, 0.05) is 39.0 Å². The van der Waals surface area contributed by atoms with Crippen LogP contribution in [0, 0.1) is 5.92 Å². The molecule has 16 N–H and O–H groups in total. The number of hydrogen-bond acceptors (Lipinski definition) is 14. The Morgan fingerprint density at radius 2 is 0.953 bits per heavy atom. The van der Waals surface area contributed by atoms with Gasteiger partial charge in [0.25, 0.3) is 0 Å². The molecule has 0 unspecified atom stereocenters. The van der Waals surface area contributed by atoms with Crippen LogP contribution >= 0.6 is 0 Å². The van der Waals surface area contributed by atoms with Gasteiger partial charge in [-0.2, -0.15) is 0 Å². The van der Waals surface area contributed by atoms with Gasteiger partial charge in [0.05, 0.1) is 27.9 Å². The molecule has 0 bridgehead atoms. The third kappa shape index (κ3) is 54.0. The Morgan fingerprint density at radius 3 is 1.33 bits per heavy atom. The van der Waals surface area contributed by atoms with Crippen molar-refractivity contribution in [1.29, 1.82) is 0 Å². The molecule has 14 heteroatoms. The second-order valence-electron chi connectivity index (χ2n) is 24.0. The summed E-state index contributed by atoms with van der Waals surface area (Å²) in [5, 5.41) is 0. The first-order valence-electron chi connectivity index (χ1n) is 34.5. The number of benzene rings is 2. The highest BCUT2D eigenvalue weighted by Gasteiger charge is 2.26. The summed E-state index contributed by atoms with van der Waals surface area (Å²) in [6.45, 7) is 29.7. The van der Waals surface area contributed by atoms with E-state index in [1.54, 1.807) is 34.0 Å². The second kappa shape index (κ2) is 66.4. The molecule has 2 aromatic carbocycles. The first-order chi connectivity index (χ1) is 41.6. The quantitative estimate of drug-likeness (QED) is 0.0228. The number of rotatable bonds is 40. The van der Waals surface area contributed by atoms with Crippen molar-refractivity contribution in [1.82, 2.24) is 0 Å². The fourth-order valence-corrected chi connectivity index (χ4v) is 8.48. The summed E-state index contributed by atoms with van der Waals surface area (Å²) in [6, 6.07) is 10.4. The predicted octanol–water partition coefficient (Wildman–Crippen LogP) is 15.5. The minimum Gasteiger partial charge on any atom is -0.493 e. The molecular formula is C72H146N8O6. The average molecular weight is 1220 g/mol. The van der Waals surface area contributed by atoms with Gasteiger partial charge in [-0.15, -0.1) is 0 Å². The fraction of sp³-hybridized carbons (Fsp3) is 0.806. The second-order valence-corrected chi connectivity index (χ2v) is 24.0. The van der Waals surface area contributed by atoms with Crippen molar-refractivity contribution in [3.05, 3.63) is 58.7 Å². The summed E-state index contributed by atoms with van der Waals surface area (Å²) in [7, 11) is 6.41. The Morgan fingerprint density at radius 1 is 0.465 bits per heavy atom. The zero-order valence-electron chi connectivity index (χ0n) is 58.8. The number of methoxy groups -OCH3 is 4. The molecular weight excluding hydrogens is 1070 g/mol. The Hall–Kier alpha value is -3.02. The molecule has 0 spiro atoms. The highest BCUT2D eigenvalue weighted by molar-refractivity contribution is 5.53. The molecule has 1 fully saturated rings. The molecule has 2 aromatic rings. The van der Waals surface area contributed by atoms with Gasteiger partial charge in [-0.3, -0.25) is 0 Å². The van der Waals surface area contributed by atoms with E-state index in [4.69, 9.17) is 74.3 Å². The molecule has 1 saturated carbocycles. The van der Waals surface area contributed by atoms with Crippen molar-refractivity contribution in [3.63, 3.8) is 0 Å². The lowest BCUT2D eigenvalue weighted by Gasteiger charge is -2.30. The van der Waals surface area contributed by atoms with Gasteiger partial charge in [0.15, 0.2) is 11.5 Å². The van der Waals surface area contributed by atoms with E-state index in [0.29, 0.717) is 23.8 Å². The van der Waals surface area contributed by atoms with Gasteiger partial charge >= 0.3 is 0 Å². The lowest BCUT2D eigenvalue weighted by atomic mass is 9.76. The van der Waals surface area contributed by atoms with Crippen LogP contribution in [0.1, 0.15) is 272 Å². The maximum Gasteiger partial charge on any atom is 0.203 e. The smallest absolute Gasteiger partial charge is 0.203 e. The van der Waals surface area contributed by atoms with Crippen LogP contribution in [0.5, 0.6) is 23.0 Å². The standard InChI is InChI=1S/C20H35NO.C15H33N.C10H15NO3.C8H15N.C7H17NO.C4H11NO.C4H9N.C4H11N/c1-7-19(3,4)16-11-12-18(22-14-10-9-13-21)17(15-16)20(5,6)8-2;1-2-3-4-5-6-7-8-9-10-11-12-13-14-15-16;1-12-8-4-7(6-11)5-9(13-2)10(8)14-3;9-7-6-8-4-2-1-3-5-8;1-2-3-6-9-7-4-5-8;1-6-4-2-3-5;5-3-4-1-2-4;1-2-3-4-5/h11-12,15H,7-10,13-14,21H2,1-6H3;2-16H2,1H3;4-5H,6,11H2,1-3H3;4H,1-3,5-7,9H2;2-8H2,1H3;2-5H2,1H3;4H,1-3,5H2;2-5H2,1H3. The molecule has 0 aliphatic heterocycles. The fourth-order valence-electron chi connectivity index (χ4n) is 8.48. The maximum atomic E-state index is 6.07. The number of hydrogen-bond donors (Lipinski definition) is 8. The Balaban J connectivity index is -0.000000470. The summed E-state index contributed by atoms with van der Waals surface area (Å²) >= 11 is 0. The van der Waals surface area contributed by atoms with E-state index < -0.39 is 0 Å². The van der Waals surface area contributed by atoms with Crippen molar-refractivity contribution >= 4 is 0 Å². The topological polar surface area (TPSA) is 264 Å².